The van der Waals surface area contributed by atoms with Crippen LogP contribution in [0, 0.1) is 11.2 Å². The maximum absolute atomic E-state index is 14.3. The molecule has 1 N–H and O–H groups in total. The highest BCUT2D eigenvalue weighted by atomic mass is 19.1. The van der Waals surface area contributed by atoms with E-state index in [9.17, 15) is 9.18 Å². The summed E-state index contributed by atoms with van der Waals surface area (Å²) >= 11 is 0. The molecule has 4 aromatic rings. The highest BCUT2D eigenvalue weighted by Gasteiger charge is 2.41. The highest BCUT2D eigenvalue weighted by molar-refractivity contribution is 6.12. The zero-order valence-corrected chi connectivity index (χ0v) is 18.6. The Morgan fingerprint density at radius 3 is 2.58 bits per heavy atom. The molecule has 0 spiro atoms. The Bertz CT molecular complexity index is 1460. The van der Waals surface area contributed by atoms with E-state index in [1.807, 2.05) is 18.2 Å². The van der Waals surface area contributed by atoms with Crippen molar-refractivity contribution >= 4 is 27.8 Å². The molecule has 1 aliphatic carbocycles. The Morgan fingerprint density at radius 2 is 1.73 bits per heavy atom. The first-order valence-electron chi connectivity index (χ1n) is 11.3. The molecule has 3 nitrogen and oxygen atoms in total. The van der Waals surface area contributed by atoms with E-state index in [1.165, 1.54) is 6.07 Å². The monoisotopic (exact) mass is 437 g/mol. The van der Waals surface area contributed by atoms with Crippen LogP contribution in [0.15, 0.2) is 82.8 Å². The molecule has 2 heterocycles. The predicted molar refractivity (Wildman–Crippen MR) is 129 cm³/mol. The van der Waals surface area contributed by atoms with E-state index < -0.39 is 6.04 Å². The quantitative estimate of drug-likeness (QED) is 0.352. The predicted octanol–water partition coefficient (Wildman–Crippen LogP) is 7.55. The fraction of sp³-hybridized carbons (Fsp3) is 0.207. The van der Waals surface area contributed by atoms with Crippen molar-refractivity contribution in [2.45, 2.75) is 32.7 Å². The Morgan fingerprint density at radius 1 is 0.939 bits per heavy atom. The van der Waals surface area contributed by atoms with E-state index in [4.69, 9.17) is 4.42 Å². The van der Waals surface area contributed by atoms with Crippen LogP contribution in [-0.2, 0) is 4.79 Å². The van der Waals surface area contributed by atoms with Crippen LogP contribution in [0.3, 0.4) is 0 Å². The zero-order valence-electron chi connectivity index (χ0n) is 18.6. The summed E-state index contributed by atoms with van der Waals surface area (Å²) in [5.41, 5.74) is 4.26. The van der Waals surface area contributed by atoms with Crippen LogP contribution < -0.4 is 5.32 Å². The number of halogens is 1. The second-order valence-electron chi connectivity index (χ2n) is 9.80. The lowest BCUT2D eigenvalue weighted by Crippen LogP contribution is -2.33. The number of furan rings is 1. The summed E-state index contributed by atoms with van der Waals surface area (Å²) in [7, 11) is 0. The minimum absolute atomic E-state index is 0.118. The van der Waals surface area contributed by atoms with Crippen LogP contribution in [-0.4, -0.2) is 5.78 Å². The van der Waals surface area contributed by atoms with Gasteiger partial charge in [-0.15, -0.1) is 0 Å². The summed E-state index contributed by atoms with van der Waals surface area (Å²) < 4.78 is 20.5. The number of rotatable bonds is 2. The summed E-state index contributed by atoms with van der Waals surface area (Å²) in [6.07, 6.45) is 1.30. The van der Waals surface area contributed by atoms with Crippen molar-refractivity contribution < 1.29 is 13.6 Å². The number of carbonyl (C=O) groups is 1. The second kappa shape index (κ2) is 7.17. The summed E-state index contributed by atoms with van der Waals surface area (Å²) in [4.78, 5) is 13.5. The number of allylic oxidation sites excluding steroid dienone is 1. The lowest BCUT2D eigenvalue weighted by Gasteiger charge is -2.39. The van der Waals surface area contributed by atoms with Gasteiger partial charge in [0.05, 0.1) is 5.56 Å². The lowest BCUT2D eigenvalue weighted by atomic mass is 9.68. The summed E-state index contributed by atoms with van der Waals surface area (Å²) in [5, 5.41) is 5.87. The van der Waals surface area contributed by atoms with Gasteiger partial charge >= 0.3 is 0 Å². The van der Waals surface area contributed by atoms with Crippen LogP contribution in [0.25, 0.3) is 27.7 Å². The molecule has 0 fully saturated rings. The third kappa shape index (κ3) is 3.20. The maximum atomic E-state index is 14.3. The molecular formula is C29H24FNO2. The number of hydrogen-bond acceptors (Lipinski definition) is 3. The molecule has 0 amide bonds. The fourth-order valence-electron chi connectivity index (χ4n) is 5.36. The van der Waals surface area contributed by atoms with Crippen molar-refractivity contribution in [2.75, 3.05) is 5.32 Å². The van der Waals surface area contributed by atoms with E-state index in [0.717, 1.165) is 39.6 Å². The second-order valence-corrected chi connectivity index (χ2v) is 9.80. The average molecular weight is 438 g/mol. The molecule has 3 aromatic carbocycles. The van der Waals surface area contributed by atoms with Crippen molar-refractivity contribution in [3.63, 3.8) is 0 Å². The van der Waals surface area contributed by atoms with Crippen molar-refractivity contribution in [3.05, 3.63) is 95.5 Å². The van der Waals surface area contributed by atoms with Gasteiger partial charge in [0, 0.05) is 23.2 Å². The topological polar surface area (TPSA) is 42.2 Å². The lowest BCUT2D eigenvalue weighted by molar-refractivity contribution is -0.118. The molecule has 1 aliphatic heterocycles. The van der Waals surface area contributed by atoms with Gasteiger partial charge < -0.3 is 9.73 Å². The van der Waals surface area contributed by atoms with Gasteiger partial charge in [-0.05, 0) is 58.5 Å². The number of Topliss-reactive ketones (excluding diaryl/α,β-unsaturated/α-hetero) is 1. The van der Waals surface area contributed by atoms with Gasteiger partial charge in [-0.2, -0.15) is 0 Å². The Kier molecular flexibility index (Phi) is 4.34. The molecule has 0 unspecified atom stereocenters. The molecule has 2 aliphatic rings. The molecule has 1 aromatic heterocycles. The first-order valence-corrected chi connectivity index (χ1v) is 11.3. The molecule has 4 heteroatoms. The maximum Gasteiger partial charge on any atom is 0.162 e. The van der Waals surface area contributed by atoms with E-state index in [1.54, 1.807) is 24.3 Å². The summed E-state index contributed by atoms with van der Waals surface area (Å²) in [5.74, 6) is 0.885. The molecule has 0 saturated heterocycles. The number of fused-ring (bicyclic) bond motifs is 4. The number of benzene rings is 3. The van der Waals surface area contributed by atoms with Gasteiger partial charge in [0.2, 0.25) is 0 Å². The van der Waals surface area contributed by atoms with E-state index in [-0.39, 0.29) is 17.0 Å². The van der Waals surface area contributed by atoms with Crippen LogP contribution in [0.2, 0.25) is 0 Å². The standard InChI is InChI=1S/C29H24FNO2/c1-29(2)15-20-26-18-8-4-3-7-17(18)11-12-22(26)31-28(27(20)23(32)16-29)25-14-13-24(33-25)19-9-5-6-10-21(19)30/h3-14,28,31H,15-16H2,1-2H3/t28-/m1/s1. The van der Waals surface area contributed by atoms with Crippen molar-refractivity contribution in [1.82, 2.24) is 0 Å². The molecule has 0 saturated carbocycles. The van der Waals surface area contributed by atoms with Crippen molar-refractivity contribution in [3.8, 4) is 11.3 Å². The molecule has 0 radical (unpaired) electrons. The van der Waals surface area contributed by atoms with E-state index in [0.29, 0.717) is 23.5 Å². The van der Waals surface area contributed by atoms with E-state index in [2.05, 4.69) is 43.4 Å². The first kappa shape index (κ1) is 20.0. The zero-order chi connectivity index (χ0) is 22.7. The molecule has 1 atom stereocenters. The molecular weight excluding hydrogens is 413 g/mol. The Labute approximate surface area is 191 Å². The van der Waals surface area contributed by atoms with Gasteiger partial charge in [-0.25, -0.2) is 4.39 Å². The third-order valence-electron chi connectivity index (χ3n) is 6.79. The van der Waals surface area contributed by atoms with Crippen LogP contribution in [0.5, 0.6) is 0 Å². The van der Waals surface area contributed by atoms with Crippen molar-refractivity contribution in [2.24, 2.45) is 5.41 Å². The van der Waals surface area contributed by atoms with Crippen LogP contribution >= 0.6 is 0 Å². The fourth-order valence-corrected chi connectivity index (χ4v) is 5.36. The number of anilines is 1. The molecule has 164 valence electrons. The van der Waals surface area contributed by atoms with Gasteiger partial charge in [-0.3, -0.25) is 4.79 Å². The SMILES string of the molecule is CC1(C)CC(=O)C2=C(C1)c1c(ccc3ccccc13)N[C@@H]2c1ccc(-c2ccccc2F)o1. The average Bonchev–Trinajstić information content (AvgIpc) is 3.27. The van der Waals surface area contributed by atoms with E-state index >= 15 is 0 Å². The van der Waals surface area contributed by atoms with Gasteiger partial charge in [0.25, 0.3) is 0 Å². The molecule has 33 heavy (non-hydrogen) atoms. The Balaban J connectivity index is 1.54. The van der Waals surface area contributed by atoms with Crippen molar-refractivity contribution in [1.29, 1.82) is 0 Å². The Hall–Kier alpha value is -3.66. The number of ketones is 1. The largest absolute Gasteiger partial charge is 0.458 e. The smallest absolute Gasteiger partial charge is 0.162 e. The third-order valence-corrected chi connectivity index (χ3v) is 6.79. The normalized spacial score (nSPS) is 19.2. The number of nitrogens with one attached hydrogen (secondary N) is 1. The van der Waals surface area contributed by atoms with Gasteiger partial charge in [0.1, 0.15) is 23.4 Å². The minimum atomic E-state index is -0.405. The summed E-state index contributed by atoms with van der Waals surface area (Å²) in [6, 6.07) is 22.3. The van der Waals surface area contributed by atoms with Crippen LogP contribution in [0.4, 0.5) is 10.1 Å². The molecule has 6 rings (SSSR count). The number of carbonyl (C=O) groups excluding carboxylic acids is 1. The minimum Gasteiger partial charge on any atom is -0.458 e. The number of hydrogen-bond donors (Lipinski definition) is 1. The van der Waals surface area contributed by atoms with Gasteiger partial charge in [0.15, 0.2) is 5.78 Å². The first-order chi connectivity index (χ1) is 15.9. The van der Waals surface area contributed by atoms with Gasteiger partial charge in [-0.1, -0.05) is 56.3 Å². The molecule has 0 bridgehead atoms. The summed E-state index contributed by atoms with van der Waals surface area (Å²) in [6.45, 7) is 4.30. The highest BCUT2D eigenvalue weighted by Crippen LogP contribution is 2.52. The van der Waals surface area contributed by atoms with Crippen LogP contribution in [0.1, 0.15) is 44.1 Å².